The standard InChI is InChI=1S/C26H22F4N4O4/c27-20-7-16(10-31)3-6-21(20)33-12-22(35)34(11-15-1-4-18(5-2-15)26(28,29)30)25(24(33)37)8-17(9-25)23(36)32-19-13-38-14-19/h1-7,17,19H,8-9,11-14H2,(H,32,36)/t17-,25-. The highest BCUT2D eigenvalue weighted by Crippen LogP contribution is 2.48. The van der Waals surface area contributed by atoms with E-state index in [2.05, 4.69) is 5.32 Å². The molecule has 0 unspecified atom stereocenters. The highest BCUT2D eigenvalue weighted by molar-refractivity contribution is 6.10. The average Bonchev–Trinajstić information content (AvgIpc) is 2.82. The Morgan fingerprint density at radius 3 is 2.37 bits per heavy atom. The van der Waals surface area contributed by atoms with Gasteiger partial charge in [0.05, 0.1) is 42.1 Å². The first kappa shape index (κ1) is 25.7. The Bertz CT molecular complexity index is 1330. The van der Waals surface area contributed by atoms with Gasteiger partial charge in [0.25, 0.3) is 5.91 Å². The van der Waals surface area contributed by atoms with Gasteiger partial charge in [-0.1, -0.05) is 12.1 Å². The number of nitrogens with zero attached hydrogens (tertiary/aromatic N) is 3. The Balaban J connectivity index is 1.43. The number of nitriles is 1. The Morgan fingerprint density at radius 1 is 1.13 bits per heavy atom. The molecule has 1 saturated carbocycles. The van der Waals surface area contributed by atoms with Crippen molar-refractivity contribution in [3.63, 3.8) is 0 Å². The van der Waals surface area contributed by atoms with Gasteiger partial charge < -0.3 is 15.0 Å². The van der Waals surface area contributed by atoms with Gasteiger partial charge in [0.15, 0.2) is 0 Å². The van der Waals surface area contributed by atoms with Gasteiger partial charge in [0, 0.05) is 12.5 Å². The summed E-state index contributed by atoms with van der Waals surface area (Å²) in [6.07, 6.45) is -4.57. The van der Waals surface area contributed by atoms with Crippen LogP contribution >= 0.6 is 0 Å². The molecule has 3 fully saturated rings. The van der Waals surface area contributed by atoms with E-state index < -0.39 is 47.4 Å². The topological polar surface area (TPSA) is 103 Å². The maximum absolute atomic E-state index is 14.8. The lowest BCUT2D eigenvalue weighted by Gasteiger charge is -2.56. The van der Waals surface area contributed by atoms with E-state index in [0.717, 1.165) is 23.1 Å². The number of carbonyl (C=O) groups is 3. The van der Waals surface area contributed by atoms with Crippen molar-refractivity contribution in [2.45, 2.75) is 37.1 Å². The number of halogens is 4. The summed E-state index contributed by atoms with van der Waals surface area (Å²) in [7, 11) is 0. The molecule has 12 heteroatoms. The van der Waals surface area contributed by atoms with Crippen molar-refractivity contribution >= 4 is 23.4 Å². The van der Waals surface area contributed by atoms with E-state index in [1.165, 1.54) is 29.2 Å². The van der Waals surface area contributed by atoms with Crippen LogP contribution < -0.4 is 10.2 Å². The van der Waals surface area contributed by atoms with Crippen molar-refractivity contribution in [2.75, 3.05) is 24.7 Å². The second-order valence-electron chi connectivity index (χ2n) is 9.72. The summed E-state index contributed by atoms with van der Waals surface area (Å²) in [6, 6.07) is 9.48. The van der Waals surface area contributed by atoms with Gasteiger partial charge >= 0.3 is 6.18 Å². The Morgan fingerprint density at radius 2 is 1.82 bits per heavy atom. The Labute approximate surface area is 214 Å². The molecule has 2 aromatic carbocycles. The van der Waals surface area contributed by atoms with Crippen LogP contribution in [0.3, 0.4) is 0 Å². The van der Waals surface area contributed by atoms with Crippen molar-refractivity contribution in [3.8, 4) is 6.07 Å². The SMILES string of the molecule is N#Cc1ccc(N2CC(=O)N(Cc3ccc(C(F)(F)F)cc3)[C@]3(C[C@H](C(=O)NC4COC4)C3)C2=O)c(F)c1. The first-order valence-corrected chi connectivity index (χ1v) is 11.9. The summed E-state index contributed by atoms with van der Waals surface area (Å²) in [5, 5.41) is 11.9. The van der Waals surface area contributed by atoms with Crippen molar-refractivity contribution < 1.29 is 36.7 Å². The number of hydrogen-bond acceptors (Lipinski definition) is 5. The number of piperazine rings is 1. The smallest absolute Gasteiger partial charge is 0.377 e. The maximum Gasteiger partial charge on any atom is 0.416 e. The Kier molecular flexibility index (Phi) is 6.35. The minimum Gasteiger partial charge on any atom is -0.377 e. The molecule has 1 spiro atoms. The number of ether oxygens (including phenoxy) is 1. The lowest BCUT2D eigenvalue weighted by Crippen LogP contribution is -2.74. The summed E-state index contributed by atoms with van der Waals surface area (Å²) < 4.78 is 58.9. The van der Waals surface area contributed by atoms with Crippen LogP contribution in [0.25, 0.3) is 0 Å². The van der Waals surface area contributed by atoms with Crippen LogP contribution in [0, 0.1) is 23.1 Å². The predicted molar refractivity (Wildman–Crippen MR) is 124 cm³/mol. The quantitative estimate of drug-likeness (QED) is 0.599. The van der Waals surface area contributed by atoms with E-state index in [-0.39, 0.29) is 42.6 Å². The zero-order valence-corrected chi connectivity index (χ0v) is 19.9. The largest absolute Gasteiger partial charge is 0.416 e. The number of hydrogen-bond donors (Lipinski definition) is 1. The zero-order chi connectivity index (χ0) is 27.2. The molecule has 1 aliphatic carbocycles. The van der Waals surface area contributed by atoms with Crippen molar-refractivity contribution in [3.05, 3.63) is 65.0 Å². The highest BCUT2D eigenvalue weighted by atomic mass is 19.4. The molecule has 1 N–H and O–H groups in total. The number of nitrogens with one attached hydrogen (secondary N) is 1. The van der Waals surface area contributed by atoms with E-state index in [0.29, 0.717) is 18.8 Å². The van der Waals surface area contributed by atoms with Crippen LogP contribution in [0.5, 0.6) is 0 Å². The molecule has 2 aromatic rings. The van der Waals surface area contributed by atoms with Crippen LogP contribution in [0.4, 0.5) is 23.2 Å². The van der Waals surface area contributed by atoms with Crippen LogP contribution in [-0.2, 0) is 31.8 Å². The molecular weight excluding hydrogens is 508 g/mol. The monoisotopic (exact) mass is 530 g/mol. The van der Waals surface area contributed by atoms with Crippen molar-refractivity contribution in [1.29, 1.82) is 5.26 Å². The number of rotatable bonds is 5. The molecule has 2 aliphatic heterocycles. The van der Waals surface area contributed by atoms with Crippen LogP contribution in [0.15, 0.2) is 42.5 Å². The molecule has 2 saturated heterocycles. The van der Waals surface area contributed by atoms with Gasteiger partial charge in [-0.05, 0) is 48.7 Å². The number of amides is 3. The fourth-order valence-corrected chi connectivity index (χ4v) is 5.08. The molecule has 38 heavy (non-hydrogen) atoms. The van der Waals surface area contributed by atoms with E-state index in [9.17, 15) is 31.9 Å². The first-order valence-electron chi connectivity index (χ1n) is 11.9. The van der Waals surface area contributed by atoms with Crippen molar-refractivity contribution in [2.24, 2.45) is 5.92 Å². The van der Waals surface area contributed by atoms with Gasteiger partial charge in [0.2, 0.25) is 11.8 Å². The fraction of sp³-hybridized carbons (Fsp3) is 0.385. The number of carbonyl (C=O) groups excluding carboxylic acids is 3. The van der Waals surface area contributed by atoms with Gasteiger partial charge in [-0.2, -0.15) is 18.4 Å². The maximum atomic E-state index is 14.8. The molecule has 3 amide bonds. The first-order chi connectivity index (χ1) is 18.0. The molecule has 2 heterocycles. The van der Waals surface area contributed by atoms with E-state index in [1.807, 2.05) is 0 Å². The second-order valence-corrected chi connectivity index (χ2v) is 9.72. The molecule has 0 aromatic heterocycles. The molecule has 8 nitrogen and oxygen atoms in total. The lowest BCUT2D eigenvalue weighted by atomic mass is 9.64. The molecule has 5 rings (SSSR count). The molecule has 0 atom stereocenters. The van der Waals surface area contributed by atoms with Gasteiger partial charge in [-0.3, -0.25) is 19.3 Å². The van der Waals surface area contributed by atoms with Crippen LogP contribution in [-0.4, -0.2) is 54.0 Å². The molecule has 198 valence electrons. The molecular formula is C26H22F4N4O4. The van der Waals surface area contributed by atoms with E-state index >= 15 is 0 Å². The molecule has 3 aliphatic rings. The van der Waals surface area contributed by atoms with Gasteiger partial charge in [-0.25, -0.2) is 4.39 Å². The summed E-state index contributed by atoms with van der Waals surface area (Å²) in [4.78, 5) is 42.2. The van der Waals surface area contributed by atoms with Crippen LogP contribution in [0.2, 0.25) is 0 Å². The third-order valence-electron chi connectivity index (χ3n) is 7.27. The summed E-state index contributed by atoms with van der Waals surface area (Å²) in [5.74, 6) is -2.87. The zero-order valence-electron chi connectivity index (χ0n) is 19.9. The number of alkyl halides is 3. The van der Waals surface area contributed by atoms with Gasteiger partial charge in [0.1, 0.15) is 17.9 Å². The summed E-state index contributed by atoms with van der Waals surface area (Å²) in [5.41, 5.74) is -2.08. The van der Waals surface area contributed by atoms with E-state index in [4.69, 9.17) is 10.00 Å². The third kappa shape index (κ3) is 4.47. The number of anilines is 1. The second kappa shape index (κ2) is 9.40. The Hall–Kier alpha value is -3.98. The normalized spacial score (nSPS) is 23.6. The van der Waals surface area contributed by atoms with Gasteiger partial charge in [-0.15, -0.1) is 0 Å². The highest BCUT2D eigenvalue weighted by Gasteiger charge is 2.61. The third-order valence-corrected chi connectivity index (χ3v) is 7.27. The van der Waals surface area contributed by atoms with E-state index in [1.54, 1.807) is 6.07 Å². The summed E-state index contributed by atoms with van der Waals surface area (Å²) in [6.45, 7) is 0.108. The average molecular weight is 530 g/mol. The van der Waals surface area contributed by atoms with Crippen LogP contribution in [0.1, 0.15) is 29.5 Å². The molecule has 0 bridgehead atoms. The molecule has 0 radical (unpaired) electrons. The van der Waals surface area contributed by atoms with Crippen molar-refractivity contribution in [1.82, 2.24) is 10.2 Å². The fourth-order valence-electron chi connectivity index (χ4n) is 5.08. The lowest BCUT2D eigenvalue weighted by molar-refractivity contribution is -0.165. The predicted octanol–water partition coefficient (Wildman–Crippen LogP) is 2.76. The minimum atomic E-state index is -4.53. The minimum absolute atomic E-state index is 0.0218. The summed E-state index contributed by atoms with van der Waals surface area (Å²) >= 11 is 0. The number of benzene rings is 2.